The summed E-state index contributed by atoms with van der Waals surface area (Å²) in [7, 11) is 1.90. The average Bonchev–Trinajstić information content (AvgIpc) is 3.33. The number of hydrogen-bond acceptors (Lipinski definition) is 6. The maximum absolute atomic E-state index is 13.7. The van der Waals surface area contributed by atoms with Gasteiger partial charge in [0, 0.05) is 22.2 Å². The molecule has 0 radical (unpaired) electrons. The third kappa shape index (κ3) is 6.15. The number of nitrogens with zero attached hydrogens (tertiary/aromatic N) is 1. The minimum Gasteiger partial charge on any atom is -0.458 e. The van der Waals surface area contributed by atoms with E-state index in [4.69, 9.17) is 16.0 Å². The number of furan rings is 1. The molecule has 0 spiro atoms. The van der Waals surface area contributed by atoms with Crippen LogP contribution in [-0.2, 0) is 0 Å². The number of pyridine rings is 1. The van der Waals surface area contributed by atoms with Crippen LogP contribution < -0.4 is 10.6 Å². The number of carbonyl (C=O) groups is 2. The molecule has 0 saturated carbocycles. The highest BCUT2D eigenvalue weighted by Gasteiger charge is 2.23. The SMILES string of the molecule is CNCCCNC(C(=O)c1ccc(/C=C/C(=O)c2ccc(C)o2)cc1)c1ccnc2cc(Cl)ccc12. The summed E-state index contributed by atoms with van der Waals surface area (Å²) in [6, 6.07) is 17.5. The first-order valence-corrected chi connectivity index (χ1v) is 12.2. The molecule has 2 aromatic carbocycles. The van der Waals surface area contributed by atoms with Gasteiger partial charge in [-0.3, -0.25) is 14.6 Å². The minimum atomic E-state index is -0.543. The van der Waals surface area contributed by atoms with Crippen molar-refractivity contribution < 1.29 is 14.0 Å². The van der Waals surface area contributed by atoms with Crippen LogP contribution in [0.25, 0.3) is 17.0 Å². The third-order valence-corrected chi connectivity index (χ3v) is 6.10. The van der Waals surface area contributed by atoms with Crippen LogP contribution in [0.3, 0.4) is 0 Å². The Balaban J connectivity index is 1.57. The smallest absolute Gasteiger partial charge is 0.221 e. The summed E-state index contributed by atoms with van der Waals surface area (Å²) in [5, 5.41) is 8.04. The summed E-state index contributed by atoms with van der Waals surface area (Å²) in [6.07, 6.45) is 5.76. The second-order valence-corrected chi connectivity index (χ2v) is 8.94. The van der Waals surface area contributed by atoms with E-state index in [1.807, 2.05) is 37.4 Å². The second kappa shape index (κ2) is 11.9. The van der Waals surface area contributed by atoms with Crippen molar-refractivity contribution in [1.29, 1.82) is 0 Å². The van der Waals surface area contributed by atoms with E-state index in [2.05, 4.69) is 15.6 Å². The molecule has 0 aliphatic rings. The number of nitrogens with one attached hydrogen (secondary N) is 2. The molecule has 184 valence electrons. The van der Waals surface area contributed by atoms with Crippen LogP contribution in [0.2, 0.25) is 5.02 Å². The van der Waals surface area contributed by atoms with Gasteiger partial charge in [0.2, 0.25) is 5.78 Å². The van der Waals surface area contributed by atoms with Gasteiger partial charge >= 0.3 is 0 Å². The monoisotopic (exact) mass is 501 g/mol. The van der Waals surface area contributed by atoms with Gasteiger partial charge in [0.15, 0.2) is 11.5 Å². The summed E-state index contributed by atoms with van der Waals surface area (Å²) >= 11 is 6.16. The van der Waals surface area contributed by atoms with Crippen LogP contribution in [0, 0.1) is 6.92 Å². The molecular formula is C29H28ClN3O3. The first-order chi connectivity index (χ1) is 17.5. The van der Waals surface area contributed by atoms with E-state index >= 15 is 0 Å². The molecule has 0 bridgehead atoms. The number of hydrogen-bond donors (Lipinski definition) is 2. The molecule has 1 atom stereocenters. The summed E-state index contributed by atoms with van der Waals surface area (Å²) in [5.41, 5.74) is 2.98. The number of ketones is 2. The number of fused-ring (bicyclic) bond motifs is 1. The van der Waals surface area contributed by atoms with Crippen LogP contribution in [0.4, 0.5) is 0 Å². The van der Waals surface area contributed by atoms with E-state index < -0.39 is 6.04 Å². The van der Waals surface area contributed by atoms with Crippen LogP contribution in [-0.4, -0.2) is 36.7 Å². The van der Waals surface area contributed by atoms with E-state index in [0.29, 0.717) is 28.7 Å². The van der Waals surface area contributed by atoms with Gasteiger partial charge in [-0.25, -0.2) is 0 Å². The minimum absolute atomic E-state index is 0.0421. The number of aromatic nitrogens is 1. The van der Waals surface area contributed by atoms with Crippen molar-refractivity contribution >= 4 is 40.1 Å². The Kier molecular flexibility index (Phi) is 8.44. The highest BCUT2D eigenvalue weighted by atomic mass is 35.5. The Bertz CT molecular complexity index is 1390. The maximum Gasteiger partial charge on any atom is 0.221 e. The van der Waals surface area contributed by atoms with E-state index in [1.54, 1.807) is 49.5 Å². The lowest BCUT2D eigenvalue weighted by molar-refractivity contribution is 0.0942. The van der Waals surface area contributed by atoms with E-state index in [9.17, 15) is 9.59 Å². The lowest BCUT2D eigenvalue weighted by Crippen LogP contribution is -2.31. The van der Waals surface area contributed by atoms with Gasteiger partial charge in [0.05, 0.1) is 11.6 Å². The third-order valence-electron chi connectivity index (χ3n) is 5.87. The molecule has 2 aromatic heterocycles. The van der Waals surface area contributed by atoms with Crippen LogP contribution in [0.5, 0.6) is 0 Å². The van der Waals surface area contributed by atoms with Gasteiger partial charge in [0.25, 0.3) is 0 Å². The van der Waals surface area contributed by atoms with E-state index in [0.717, 1.165) is 35.0 Å². The molecule has 1 unspecified atom stereocenters. The lowest BCUT2D eigenvalue weighted by Gasteiger charge is -2.20. The molecule has 0 aliphatic heterocycles. The number of halogens is 1. The fourth-order valence-corrected chi connectivity index (χ4v) is 4.16. The Hall–Kier alpha value is -3.58. The van der Waals surface area contributed by atoms with Crippen molar-refractivity contribution in [1.82, 2.24) is 15.6 Å². The van der Waals surface area contributed by atoms with Gasteiger partial charge in [-0.2, -0.15) is 0 Å². The number of benzene rings is 2. The van der Waals surface area contributed by atoms with Crippen molar-refractivity contribution in [3.05, 3.63) is 106 Å². The van der Waals surface area contributed by atoms with Gasteiger partial charge < -0.3 is 15.1 Å². The van der Waals surface area contributed by atoms with Gasteiger partial charge in [-0.1, -0.05) is 48.0 Å². The summed E-state index contributed by atoms with van der Waals surface area (Å²) < 4.78 is 5.37. The van der Waals surface area contributed by atoms with Crippen molar-refractivity contribution in [2.45, 2.75) is 19.4 Å². The molecule has 0 saturated heterocycles. The highest BCUT2D eigenvalue weighted by molar-refractivity contribution is 6.31. The van der Waals surface area contributed by atoms with Crippen molar-refractivity contribution in [2.24, 2.45) is 0 Å². The topological polar surface area (TPSA) is 84.2 Å². The lowest BCUT2D eigenvalue weighted by atomic mass is 9.94. The number of aryl methyl sites for hydroxylation is 1. The summed E-state index contributed by atoms with van der Waals surface area (Å²) in [6.45, 7) is 3.31. The predicted molar refractivity (Wildman–Crippen MR) is 144 cm³/mol. The zero-order chi connectivity index (χ0) is 25.5. The van der Waals surface area contributed by atoms with E-state index in [-0.39, 0.29) is 11.6 Å². The molecule has 36 heavy (non-hydrogen) atoms. The number of Topliss-reactive ketones (excluding diaryl/α,β-unsaturated/α-hetero) is 1. The second-order valence-electron chi connectivity index (χ2n) is 8.50. The molecule has 4 rings (SSSR count). The molecule has 0 fully saturated rings. The molecular weight excluding hydrogens is 474 g/mol. The van der Waals surface area contributed by atoms with Crippen molar-refractivity contribution in [3.63, 3.8) is 0 Å². The fraction of sp³-hybridized carbons (Fsp3) is 0.207. The van der Waals surface area contributed by atoms with Gasteiger partial charge in [-0.05, 0) is 81.0 Å². The standard InChI is InChI=1S/C29H28ClN3O3/c1-19-4-13-27(36-19)26(34)12-7-20-5-8-21(9-6-20)29(35)28(33-16-3-15-31-2)24-14-17-32-25-18-22(30)10-11-23(24)25/h4-14,17-18,28,31,33H,3,15-16H2,1-2H3/b12-7+. The van der Waals surface area contributed by atoms with Crippen molar-refractivity contribution in [2.75, 3.05) is 20.1 Å². The number of rotatable bonds is 11. The number of carbonyl (C=O) groups excluding carboxylic acids is 2. The summed E-state index contributed by atoms with van der Waals surface area (Å²) in [5.74, 6) is 0.737. The Labute approximate surface area is 215 Å². The largest absolute Gasteiger partial charge is 0.458 e. The zero-order valence-electron chi connectivity index (χ0n) is 20.3. The molecule has 2 heterocycles. The van der Waals surface area contributed by atoms with Gasteiger partial charge in [-0.15, -0.1) is 0 Å². The average molecular weight is 502 g/mol. The first-order valence-electron chi connectivity index (χ1n) is 11.8. The molecule has 7 heteroatoms. The van der Waals surface area contributed by atoms with E-state index in [1.165, 1.54) is 6.08 Å². The molecule has 4 aromatic rings. The molecule has 6 nitrogen and oxygen atoms in total. The maximum atomic E-state index is 13.7. The predicted octanol–water partition coefficient (Wildman–Crippen LogP) is 5.81. The Morgan fingerprint density at radius 3 is 2.58 bits per heavy atom. The fourth-order valence-electron chi connectivity index (χ4n) is 4.00. The normalized spacial score (nSPS) is 12.3. The molecule has 0 amide bonds. The summed E-state index contributed by atoms with van der Waals surface area (Å²) in [4.78, 5) is 30.4. The Morgan fingerprint density at radius 1 is 1.06 bits per heavy atom. The van der Waals surface area contributed by atoms with Crippen LogP contribution >= 0.6 is 11.6 Å². The Morgan fingerprint density at radius 2 is 1.86 bits per heavy atom. The van der Waals surface area contributed by atoms with Gasteiger partial charge in [0.1, 0.15) is 5.76 Å². The zero-order valence-corrected chi connectivity index (χ0v) is 21.0. The number of allylic oxidation sites excluding steroid dienone is 1. The molecule has 2 N–H and O–H groups in total. The highest BCUT2D eigenvalue weighted by Crippen LogP contribution is 2.28. The quantitative estimate of drug-likeness (QED) is 0.153. The first kappa shape index (κ1) is 25.5. The molecule has 0 aliphatic carbocycles. The van der Waals surface area contributed by atoms with Crippen LogP contribution in [0.1, 0.15) is 50.3 Å². The van der Waals surface area contributed by atoms with Crippen LogP contribution in [0.15, 0.2) is 77.4 Å². The van der Waals surface area contributed by atoms with Crippen molar-refractivity contribution in [3.8, 4) is 0 Å².